The van der Waals surface area contributed by atoms with Crippen LogP contribution in [0.15, 0.2) is 4.79 Å². The predicted octanol–water partition coefficient (Wildman–Crippen LogP) is 1.17. The molecule has 0 saturated heterocycles. The second-order valence-electron chi connectivity index (χ2n) is 6.23. The van der Waals surface area contributed by atoms with Crippen LogP contribution in [-0.4, -0.2) is 49.5 Å². The van der Waals surface area contributed by atoms with Gasteiger partial charge in [0, 0.05) is 4.88 Å². The van der Waals surface area contributed by atoms with Gasteiger partial charge in [0.2, 0.25) is 5.91 Å². The third-order valence-electron chi connectivity index (χ3n) is 3.99. The summed E-state index contributed by atoms with van der Waals surface area (Å²) < 4.78 is 0. The maximum absolute atomic E-state index is 12.2. The van der Waals surface area contributed by atoms with Gasteiger partial charge in [-0.05, 0) is 33.3 Å². The van der Waals surface area contributed by atoms with Crippen molar-refractivity contribution in [2.75, 3.05) is 6.54 Å². The van der Waals surface area contributed by atoms with Gasteiger partial charge in [0.05, 0.1) is 22.9 Å². The van der Waals surface area contributed by atoms with Crippen LogP contribution in [0.2, 0.25) is 0 Å². The first kappa shape index (κ1) is 20.4. The number of aliphatic carboxylic acids is 1. The van der Waals surface area contributed by atoms with E-state index < -0.39 is 22.7 Å². The number of amides is 1. The number of aryl methyl sites for hydroxylation is 2. The molecule has 0 saturated carbocycles. The number of aromatic nitrogens is 2. The molecular formula is C16H21N3O5S2. The second-order valence-corrected chi connectivity index (χ2v) is 8.76. The highest BCUT2D eigenvalue weighted by atomic mass is 32.2. The smallest absolute Gasteiger partial charge is 0.337 e. The summed E-state index contributed by atoms with van der Waals surface area (Å²) in [6.07, 6.45) is 0. The van der Waals surface area contributed by atoms with E-state index in [2.05, 4.69) is 15.3 Å². The molecule has 26 heavy (non-hydrogen) atoms. The second kappa shape index (κ2) is 7.77. The first-order valence-electron chi connectivity index (χ1n) is 7.87. The molecule has 8 nitrogen and oxygen atoms in total. The molecule has 10 heteroatoms. The molecule has 0 spiro atoms. The molecule has 2 rings (SSSR count). The SMILES string of the molecule is Cc1sc2nc(CSC(C)C(=O)NCC(C)(O)C(=O)O)[nH]c(=O)c2c1C. The summed E-state index contributed by atoms with van der Waals surface area (Å²) in [5, 5.41) is 21.0. The van der Waals surface area contributed by atoms with Gasteiger partial charge in [0.15, 0.2) is 5.60 Å². The van der Waals surface area contributed by atoms with E-state index in [1.807, 2.05) is 13.8 Å². The van der Waals surface area contributed by atoms with Gasteiger partial charge in [0.25, 0.3) is 5.56 Å². The highest BCUT2D eigenvalue weighted by Crippen LogP contribution is 2.26. The van der Waals surface area contributed by atoms with Crippen LogP contribution in [0.3, 0.4) is 0 Å². The number of thioether (sulfide) groups is 1. The molecule has 1 amide bonds. The predicted molar refractivity (Wildman–Crippen MR) is 102 cm³/mol. The molecule has 2 atom stereocenters. The maximum Gasteiger partial charge on any atom is 0.337 e. The van der Waals surface area contributed by atoms with Crippen LogP contribution in [0.25, 0.3) is 10.2 Å². The van der Waals surface area contributed by atoms with Crippen molar-refractivity contribution < 1.29 is 19.8 Å². The van der Waals surface area contributed by atoms with Crippen LogP contribution in [0, 0.1) is 13.8 Å². The Bertz CT molecular complexity index is 903. The van der Waals surface area contributed by atoms with Gasteiger partial charge >= 0.3 is 5.97 Å². The van der Waals surface area contributed by atoms with Crippen molar-refractivity contribution in [3.05, 3.63) is 26.6 Å². The Morgan fingerprint density at radius 1 is 1.42 bits per heavy atom. The van der Waals surface area contributed by atoms with E-state index in [1.54, 1.807) is 6.92 Å². The number of carbonyl (C=O) groups is 2. The number of hydrogen-bond acceptors (Lipinski definition) is 7. The van der Waals surface area contributed by atoms with E-state index in [4.69, 9.17) is 5.11 Å². The number of nitrogens with zero attached hydrogens (tertiary/aromatic N) is 1. The minimum atomic E-state index is -2.02. The number of H-pyrrole nitrogens is 1. The summed E-state index contributed by atoms with van der Waals surface area (Å²) in [4.78, 5) is 44.0. The van der Waals surface area contributed by atoms with Crippen molar-refractivity contribution in [2.24, 2.45) is 0 Å². The molecule has 4 N–H and O–H groups in total. The number of aromatic amines is 1. The average Bonchev–Trinajstić information content (AvgIpc) is 2.85. The Kier molecular flexibility index (Phi) is 6.09. The lowest BCUT2D eigenvalue weighted by Crippen LogP contribution is -2.48. The van der Waals surface area contributed by atoms with Gasteiger partial charge in [-0.3, -0.25) is 9.59 Å². The number of hydrogen-bond donors (Lipinski definition) is 4. The fourth-order valence-electron chi connectivity index (χ4n) is 2.13. The van der Waals surface area contributed by atoms with Crippen LogP contribution in [0.5, 0.6) is 0 Å². The van der Waals surface area contributed by atoms with Crippen molar-refractivity contribution in [1.29, 1.82) is 0 Å². The van der Waals surface area contributed by atoms with Crippen molar-refractivity contribution in [3.8, 4) is 0 Å². The van der Waals surface area contributed by atoms with Crippen LogP contribution in [0.4, 0.5) is 0 Å². The van der Waals surface area contributed by atoms with E-state index >= 15 is 0 Å². The van der Waals surface area contributed by atoms with E-state index in [1.165, 1.54) is 23.1 Å². The molecule has 0 aromatic carbocycles. The van der Waals surface area contributed by atoms with Crippen molar-refractivity contribution >= 4 is 45.2 Å². The summed E-state index contributed by atoms with van der Waals surface area (Å²) >= 11 is 2.71. The summed E-state index contributed by atoms with van der Waals surface area (Å²) in [7, 11) is 0. The first-order valence-corrected chi connectivity index (χ1v) is 9.73. The van der Waals surface area contributed by atoms with Gasteiger partial charge < -0.3 is 20.5 Å². The minimum absolute atomic E-state index is 0.193. The standard InChI is InChI=1S/C16H21N3O5S2/c1-7-8(2)26-14-11(7)13(21)18-10(19-14)5-25-9(3)12(20)17-6-16(4,24)15(22)23/h9,24H,5-6H2,1-4H3,(H,17,20)(H,22,23)(H,18,19,21). The molecule has 142 valence electrons. The zero-order chi connectivity index (χ0) is 19.6. The van der Waals surface area contributed by atoms with Gasteiger partial charge in [-0.1, -0.05) is 0 Å². The number of aliphatic hydroxyl groups is 1. The lowest BCUT2D eigenvalue weighted by molar-refractivity contribution is -0.156. The number of carboxylic acids is 1. The van der Waals surface area contributed by atoms with Crippen LogP contribution >= 0.6 is 23.1 Å². The van der Waals surface area contributed by atoms with Crippen LogP contribution < -0.4 is 10.9 Å². The zero-order valence-electron chi connectivity index (χ0n) is 14.9. The fourth-order valence-corrected chi connectivity index (χ4v) is 3.95. The maximum atomic E-state index is 12.2. The normalized spacial score (nSPS) is 14.8. The van der Waals surface area contributed by atoms with Crippen molar-refractivity contribution in [3.63, 3.8) is 0 Å². The van der Waals surface area contributed by atoms with Gasteiger partial charge in [-0.2, -0.15) is 0 Å². The average molecular weight is 399 g/mol. The number of carbonyl (C=O) groups excluding carboxylic acids is 1. The van der Waals surface area contributed by atoms with Crippen molar-refractivity contribution in [1.82, 2.24) is 15.3 Å². The monoisotopic (exact) mass is 399 g/mol. The highest BCUT2D eigenvalue weighted by molar-refractivity contribution is 7.99. The zero-order valence-corrected chi connectivity index (χ0v) is 16.5. The van der Waals surface area contributed by atoms with E-state index in [9.17, 15) is 19.5 Å². The molecule has 2 aromatic heterocycles. The van der Waals surface area contributed by atoms with Gasteiger partial charge in [0.1, 0.15) is 10.7 Å². The molecule has 2 aromatic rings. The lowest BCUT2D eigenvalue weighted by atomic mass is 10.1. The Morgan fingerprint density at radius 2 is 2.08 bits per heavy atom. The van der Waals surface area contributed by atoms with Gasteiger partial charge in [-0.15, -0.1) is 23.1 Å². The number of fused-ring (bicyclic) bond motifs is 1. The largest absolute Gasteiger partial charge is 0.479 e. The van der Waals surface area contributed by atoms with E-state index in [0.717, 1.165) is 17.4 Å². The van der Waals surface area contributed by atoms with Crippen LogP contribution in [-0.2, 0) is 15.3 Å². The molecular weight excluding hydrogens is 378 g/mol. The third-order valence-corrected chi connectivity index (χ3v) is 6.25. The Hall–Kier alpha value is -1.91. The molecule has 0 fully saturated rings. The Balaban J connectivity index is 2.00. The molecule has 0 radical (unpaired) electrons. The third kappa shape index (κ3) is 4.43. The number of nitrogens with one attached hydrogen (secondary N) is 2. The van der Waals surface area contributed by atoms with E-state index in [-0.39, 0.29) is 12.1 Å². The lowest BCUT2D eigenvalue weighted by Gasteiger charge is -2.19. The first-order chi connectivity index (χ1) is 12.0. The van der Waals surface area contributed by atoms with E-state index in [0.29, 0.717) is 21.8 Å². The highest BCUT2D eigenvalue weighted by Gasteiger charge is 2.31. The van der Waals surface area contributed by atoms with Gasteiger partial charge in [-0.25, -0.2) is 9.78 Å². The molecule has 0 bridgehead atoms. The molecule has 0 aliphatic rings. The fraction of sp³-hybridized carbons (Fsp3) is 0.500. The quantitative estimate of drug-likeness (QED) is 0.549. The molecule has 0 aliphatic heterocycles. The number of thiophene rings is 1. The summed E-state index contributed by atoms with van der Waals surface area (Å²) in [6, 6.07) is 0. The topological polar surface area (TPSA) is 132 Å². The summed E-state index contributed by atoms with van der Waals surface area (Å²) in [5.74, 6) is -1.01. The summed E-state index contributed by atoms with van der Waals surface area (Å²) in [5.41, 5.74) is -1.29. The molecule has 0 aliphatic carbocycles. The molecule has 2 unspecified atom stereocenters. The Morgan fingerprint density at radius 3 is 2.69 bits per heavy atom. The minimum Gasteiger partial charge on any atom is -0.479 e. The number of rotatable bonds is 7. The Labute approximate surface area is 158 Å². The van der Waals surface area contributed by atoms with Crippen LogP contribution in [0.1, 0.15) is 30.1 Å². The summed E-state index contributed by atoms with van der Waals surface area (Å²) in [6.45, 7) is 6.21. The van der Waals surface area contributed by atoms with Crippen molar-refractivity contribution in [2.45, 2.75) is 44.3 Å². The number of carboxylic acid groups (broad SMARTS) is 1. The molecule has 2 heterocycles.